The van der Waals surface area contributed by atoms with E-state index in [1.807, 2.05) is 26.0 Å². The van der Waals surface area contributed by atoms with Crippen LogP contribution < -0.4 is 10.6 Å². The highest BCUT2D eigenvalue weighted by Gasteiger charge is 2.27. The molecule has 0 unspecified atom stereocenters. The molecule has 0 aliphatic heterocycles. The van der Waals surface area contributed by atoms with Gasteiger partial charge in [-0.25, -0.2) is 0 Å². The van der Waals surface area contributed by atoms with Crippen LogP contribution in [0.3, 0.4) is 0 Å². The lowest BCUT2D eigenvalue weighted by Gasteiger charge is -2.21. The predicted molar refractivity (Wildman–Crippen MR) is 132 cm³/mol. The second-order valence-corrected chi connectivity index (χ2v) is 8.49. The topological polar surface area (TPSA) is 79.1 Å². The van der Waals surface area contributed by atoms with Gasteiger partial charge in [-0.1, -0.05) is 12.0 Å². The van der Waals surface area contributed by atoms with Gasteiger partial charge in [-0.3, -0.25) is 4.79 Å². The fourth-order valence-corrected chi connectivity index (χ4v) is 3.69. The van der Waals surface area contributed by atoms with E-state index in [4.69, 9.17) is 10.00 Å². The quantitative estimate of drug-likeness (QED) is 0.402. The summed E-state index contributed by atoms with van der Waals surface area (Å²) in [6.45, 7) is 8.42. The minimum Gasteiger partial charge on any atom is -0.469 e. The molecule has 170 valence electrons. The molecule has 0 bridgehead atoms. The Morgan fingerprint density at radius 1 is 1.15 bits per heavy atom. The largest absolute Gasteiger partial charge is 0.469 e. The van der Waals surface area contributed by atoms with E-state index in [1.54, 1.807) is 12.1 Å². The monoisotopic (exact) mass is 442 g/mol. The number of methoxy groups -OCH3 is 1. The van der Waals surface area contributed by atoms with E-state index < -0.39 is 5.41 Å². The number of nitrogens with zero attached hydrogens (tertiary/aromatic N) is 2. The number of aryl methyl sites for hydroxylation is 1. The van der Waals surface area contributed by atoms with Crippen LogP contribution in [0, 0.1) is 28.6 Å². The highest BCUT2D eigenvalue weighted by atomic mass is 16.5. The van der Waals surface area contributed by atoms with Gasteiger partial charge in [0.2, 0.25) is 0 Å². The van der Waals surface area contributed by atoms with Crippen LogP contribution in [-0.2, 0) is 22.6 Å². The second kappa shape index (κ2) is 10.7. The molecule has 1 aromatic heterocycles. The Balaban J connectivity index is 1.67. The van der Waals surface area contributed by atoms with Crippen LogP contribution in [0.4, 0.5) is 5.69 Å². The van der Waals surface area contributed by atoms with Crippen LogP contribution in [0.1, 0.15) is 37.6 Å². The van der Waals surface area contributed by atoms with E-state index in [2.05, 4.69) is 64.3 Å². The Labute approximate surface area is 195 Å². The van der Waals surface area contributed by atoms with Gasteiger partial charge in [-0.2, -0.15) is 5.26 Å². The third-order valence-corrected chi connectivity index (χ3v) is 5.53. The predicted octanol–water partition coefficient (Wildman–Crippen LogP) is 4.29. The number of rotatable bonds is 8. The summed E-state index contributed by atoms with van der Waals surface area (Å²) in [4.78, 5) is 11.8. The van der Waals surface area contributed by atoms with Gasteiger partial charge in [-0.15, -0.1) is 0 Å². The zero-order valence-electron chi connectivity index (χ0n) is 19.7. The summed E-state index contributed by atoms with van der Waals surface area (Å²) in [6, 6.07) is 18.0. The van der Waals surface area contributed by atoms with E-state index in [-0.39, 0.29) is 5.97 Å². The van der Waals surface area contributed by atoms with E-state index in [0.29, 0.717) is 25.2 Å². The number of nitrogens with one attached hydrogen (secondary N) is 2. The molecule has 0 saturated heterocycles. The maximum atomic E-state index is 11.8. The number of hydrogen-bond donors (Lipinski definition) is 2. The zero-order valence-corrected chi connectivity index (χ0v) is 19.7. The molecule has 0 atom stereocenters. The fraction of sp³-hybridized carbons (Fsp3) is 0.333. The molecule has 6 heteroatoms. The van der Waals surface area contributed by atoms with Crippen molar-refractivity contribution in [1.82, 2.24) is 9.88 Å². The first-order valence-corrected chi connectivity index (χ1v) is 11.0. The molecule has 1 heterocycles. The lowest BCUT2D eigenvalue weighted by atomic mass is 9.93. The smallest absolute Gasteiger partial charge is 0.312 e. The molecule has 2 aromatic carbocycles. The van der Waals surface area contributed by atoms with Gasteiger partial charge >= 0.3 is 5.97 Å². The van der Waals surface area contributed by atoms with Crippen molar-refractivity contribution in [3.63, 3.8) is 0 Å². The van der Waals surface area contributed by atoms with Crippen LogP contribution in [-0.4, -0.2) is 30.7 Å². The van der Waals surface area contributed by atoms with Crippen molar-refractivity contribution in [2.75, 3.05) is 25.5 Å². The van der Waals surface area contributed by atoms with Crippen LogP contribution in [0.15, 0.2) is 48.5 Å². The summed E-state index contributed by atoms with van der Waals surface area (Å²) in [5, 5.41) is 16.7. The van der Waals surface area contributed by atoms with Crippen molar-refractivity contribution in [1.29, 1.82) is 5.26 Å². The van der Waals surface area contributed by atoms with Gasteiger partial charge in [0.15, 0.2) is 0 Å². The second-order valence-electron chi connectivity index (χ2n) is 8.49. The minimum atomic E-state index is -0.570. The summed E-state index contributed by atoms with van der Waals surface area (Å²) in [5.74, 6) is 6.25. The minimum absolute atomic E-state index is 0.220. The van der Waals surface area contributed by atoms with Crippen LogP contribution in [0.2, 0.25) is 0 Å². The van der Waals surface area contributed by atoms with E-state index in [9.17, 15) is 4.79 Å². The van der Waals surface area contributed by atoms with Gasteiger partial charge < -0.3 is 19.9 Å². The summed E-state index contributed by atoms with van der Waals surface area (Å²) < 4.78 is 7.08. The van der Waals surface area contributed by atoms with Gasteiger partial charge in [0.1, 0.15) is 0 Å². The van der Waals surface area contributed by atoms with Gasteiger partial charge in [0.05, 0.1) is 36.4 Å². The van der Waals surface area contributed by atoms with Crippen molar-refractivity contribution in [3.05, 3.63) is 65.4 Å². The third kappa shape index (κ3) is 5.94. The molecule has 0 radical (unpaired) electrons. The average Bonchev–Trinajstić information content (AvgIpc) is 3.18. The summed E-state index contributed by atoms with van der Waals surface area (Å²) in [5.41, 5.74) is 4.29. The molecule has 33 heavy (non-hydrogen) atoms. The molecule has 0 amide bonds. The zero-order chi connectivity index (χ0) is 23.8. The van der Waals surface area contributed by atoms with Crippen molar-refractivity contribution in [3.8, 4) is 17.9 Å². The molecule has 3 rings (SSSR count). The Morgan fingerprint density at radius 2 is 1.91 bits per heavy atom. The van der Waals surface area contributed by atoms with Crippen LogP contribution in [0.5, 0.6) is 0 Å². The third-order valence-electron chi connectivity index (χ3n) is 5.53. The first-order chi connectivity index (χ1) is 15.9. The number of aromatic nitrogens is 1. The number of fused-ring (bicyclic) bond motifs is 1. The Hall–Kier alpha value is -3.74. The molecule has 3 aromatic rings. The summed E-state index contributed by atoms with van der Waals surface area (Å²) in [6.07, 6.45) is 0. The van der Waals surface area contributed by atoms with E-state index >= 15 is 0 Å². The molecular formula is C27H30N4O2. The van der Waals surface area contributed by atoms with Gasteiger partial charge in [0.25, 0.3) is 0 Å². The summed E-state index contributed by atoms with van der Waals surface area (Å²) >= 11 is 0. The molecule has 0 aliphatic rings. The Bertz CT molecular complexity index is 1220. The van der Waals surface area contributed by atoms with E-state index in [0.717, 1.165) is 34.4 Å². The number of anilines is 1. The molecule has 6 nitrogen and oxygen atoms in total. The lowest BCUT2D eigenvalue weighted by molar-refractivity contribution is -0.150. The maximum Gasteiger partial charge on any atom is 0.312 e. The Morgan fingerprint density at radius 3 is 2.58 bits per heavy atom. The maximum absolute atomic E-state index is 11.8. The normalized spacial score (nSPS) is 10.9. The van der Waals surface area contributed by atoms with Crippen molar-refractivity contribution < 1.29 is 9.53 Å². The molecule has 2 N–H and O–H groups in total. The first kappa shape index (κ1) is 23.9. The van der Waals surface area contributed by atoms with Crippen molar-refractivity contribution in [2.45, 2.75) is 33.9 Å². The standard InChI is InChI=1S/C27H30N4O2/c1-5-31-24(7-6-14-30-23-11-8-20(17-28)9-12-23)16-22-15-21(10-13-25(22)31)18-29-19-27(2,3)26(32)33-4/h8-13,15-16,29-30H,5,14,18-19H2,1-4H3. The number of benzene rings is 2. The van der Waals surface area contributed by atoms with Crippen molar-refractivity contribution >= 4 is 22.6 Å². The number of ether oxygens (including phenoxy) is 1. The highest BCUT2D eigenvalue weighted by Crippen LogP contribution is 2.22. The molecule has 0 saturated carbocycles. The fourth-order valence-electron chi connectivity index (χ4n) is 3.69. The number of nitriles is 1. The molecular weight excluding hydrogens is 412 g/mol. The Kier molecular flexibility index (Phi) is 7.77. The number of carbonyl (C=O) groups excluding carboxylic acids is 1. The SMILES string of the molecule is CCn1c(C#CCNc2ccc(C#N)cc2)cc2cc(CNCC(C)(C)C(=O)OC)ccc21. The highest BCUT2D eigenvalue weighted by molar-refractivity contribution is 5.83. The first-order valence-electron chi connectivity index (χ1n) is 11.0. The number of carbonyl (C=O) groups is 1. The van der Waals surface area contributed by atoms with Crippen molar-refractivity contribution in [2.24, 2.45) is 5.41 Å². The van der Waals surface area contributed by atoms with Gasteiger partial charge in [-0.05, 0) is 74.7 Å². The van der Waals surface area contributed by atoms with Crippen LogP contribution >= 0.6 is 0 Å². The molecule has 0 aliphatic carbocycles. The van der Waals surface area contributed by atoms with Gasteiger partial charge in [0, 0.05) is 36.2 Å². The van der Waals surface area contributed by atoms with Crippen LogP contribution in [0.25, 0.3) is 10.9 Å². The lowest BCUT2D eigenvalue weighted by Crippen LogP contribution is -2.36. The number of esters is 1. The molecule has 0 fully saturated rings. The molecule has 0 spiro atoms. The summed E-state index contributed by atoms with van der Waals surface area (Å²) in [7, 11) is 1.42. The van der Waals surface area contributed by atoms with E-state index in [1.165, 1.54) is 7.11 Å². The number of hydrogen-bond acceptors (Lipinski definition) is 5. The average molecular weight is 443 g/mol.